The third-order valence-corrected chi connectivity index (χ3v) is 2.30. The fraction of sp³-hybridized carbons (Fsp3) is 0.250. The van der Waals surface area contributed by atoms with Gasteiger partial charge in [-0.05, 0) is 11.6 Å². The zero-order valence-electron chi connectivity index (χ0n) is 8.19. The van der Waals surface area contributed by atoms with E-state index in [2.05, 4.69) is 11.2 Å². The van der Waals surface area contributed by atoms with E-state index < -0.39 is 6.10 Å². The second-order valence-corrected chi connectivity index (χ2v) is 3.34. The van der Waals surface area contributed by atoms with Crippen LogP contribution >= 0.6 is 0 Å². The zero-order valence-corrected chi connectivity index (χ0v) is 8.19. The van der Waals surface area contributed by atoms with Crippen LogP contribution in [0.2, 0.25) is 0 Å². The summed E-state index contributed by atoms with van der Waals surface area (Å²) < 4.78 is 5.49. The number of benzene rings is 1. The molecule has 1 N–H and O–H groups in total. The second-order valence-electron chi connectivity index (χ2n) is 3.34. The van der Waals surface area contributed by atoms with E-state index in [1.165, 1.54) is 0 Å². The highest BCUT2D eigenvalue weighted by Crippen LogP contribution is 2.27. The number of fused-ring (bicyclic) bond motifs is 1. The number of ether oxygens (including phenoxy) is 1. The molecule has 1 aliphatic heterocycles. The average Bonchev–Trinajstić information content (AvgIpc) is 2.69. The van der Waals surface area contributed by atoms with E-state index >= 15 is 0 Å². The summed E-state index contributed by atoms with van der Waals surface area (Å²) in [6, 6.07) is 7.65. The van der Waals surface area contributed by atoms with E-state index in [4.69, 9.17) is 11.2 Å². The van der Waals surface area contributed by atoms with E-state index in [0.29, 0.717) is 6.42 Å². The normalized spacial score (nSPS) is 17.4. The van der Waals surface area contributed by atoms with Crippen molar-refractivity contribution in [1.29, 1.82) is 0 Å². The van der Waals surface area contributed by atoms with Crippen molar-refractivity contribution < 1.29 is 9.53 Å². The molecule has 3 nitrogen and oxygen atoms in total. The largest absolute Gasteiger partial charge is 0.480 e. The van der Waals surface area contributed by atoms with Gasteiger partial charge in [-0.3, -0.25) is 4.79 Å². The lowest BCUT2D eigenvalue weighted by molar-refractivity contribution is -0.126. The Morgan fingerprint density at radius 2 is 2.40 bits per heavy atom. The molecule has 1 aromatic rings. The first-order chi connectivity index (χ1) is 7.31. The molecule has 1 aliphatic rings. The van der Waals surface area contributed by atoms with Crippen LogP contribution < -0.4 is 10.1 Å². The Labute approximate surface area is 88.4 Å². The molecule has 2 rings (SSSR count). The maximum absolute atomic E-state index is 11.5. The monoisotopic (exact) mass is 201 g/mol. The van der Waals surface area contributed by atoms with Gasteiger partial charge in [0.2, 0.25) is 0 Å². The summed E-state index contributed by atoms with van der Waals surface area (Å²) in [5.41, 5.74) is 1.07. The van der Waals surface area contributed by atoms with Crippen LogP contribution in [-0.2, 0) is 11.2 Å². The summed E-state index contributed by atoms with van der Waals surface area (Å²) in [4.78, 5) is 11.5. The molecule has 76 valence electrons. The molecule has 1 heterocycles. The van der Waals surface area contributed by atoms with Crippen LogP contribution in [0.3, 0.4) is 0 Å². The van der Waals surface area contributed by atoms with Crippen molar-refractivity contribution in [2.24, 2.45) is 0 Å². The fourth-order valence-corrected chi connectivity index (χ4v) is 1.58. The van der Waals surface area contributed by atoms with E-state index in [1.807, 2.05) is 24.3 Å². The van der Waals surface area contributed by atoms with E-state index in [-0.39, 0.29) is 12.5 Å². The van der Waals surface area contributed by atoms with Crippen molar-refractivity contribution >= 4 is 5.91 Å². The number of carbonyl (C=O) groups is 1. The van der Waals surface area contributed by atoms with Gasteiger partial charge in [-0.15, -0.1) is 6.42 Å². The Bertz CT molecular complexity index is 395. The van der Waals surface area contributed by atoms with Crippen LogP contribution in [0.5, 0.6) is 5.75 Å². The molecule has 15 heavy (non-hydrogen) atoms. The van der Waals surface area contributed by atoms with Crippen molar-refractivity contribution in [2.45, 2.75) is 12.5 Å². The molecule has 0 spiro atoms. The molecule has 0 saturated carbocycles. The smallest absolute Gasteiger partial charge is 0.262 e. The van der Waals surface area contributed by atoms with E-state index in [9.17, 15) is 4.79 Å². The summed E-state index contributed by atoms with van der Waals surface area (Å²) in [7, 11) is 0. The van der Waals surface area contributed by atoms with Gasteiger partial charge in [0, 0.05) is 6.42 Å². The molecule has 0 fully saturated rings. The highest BCUT2D eigenvalue weighted by molar-refractivity contribution is 5.82. The summed E-state index contributed by atoms with van der Waals surface area (Å²) >= 11 is 0. The maximum Gasteiger partial charge on any atom is 0.262 e. The predicted octanol–water partition coefficient (Wildman–Crippen LogP) is 0.739. The van der Waals surface area contributed by atoms with Crippen molar-refractivity contribution in [3.63, 3.8) is 0 Å². The van der Waals surface area contributed by atoms with Gasteiger partial charge in [0.1, 0.15) is 5.75 Å². The summed E-state index contributed by atoms with van der Waals surface area (Å²) in [5, 5.41) is 2.61. The molecule has 1 aromatic carbocycles. The molecule has 1 atom stereocenters. The quantitative estimate of drug-likeness (QED) is 0.717. The van der Waals surface area contributed by atoms with Crippen molar-refractivity contribution in [3.05, 3.63) is 29.8 Å². The Morgan fingerprint density at radius 1 is 1.60 bits per heavy atom. The van der Waals surface area contributed by atoms with Crippen LogP contribution in [0.4, 0.5) is 0 Å². The first-order valence-corrected chi connectivity index (χ1v) is 4.77. The van der Waals surface area contributed by atoms with Crippen LogP contribution in [-0.4, -0.2) is 18.6 Å². The SMILES string of the molecule is C#CCNC(=O)C1Cc2ccccc2O1. The van der Waals surface area contributed by atoms with Crippen LogP contribution in [0.15, 0.2) is 24.3 Å². The highest BCUT2D eigenvalue weighted by atomic mass is 16.5. The summed E-state index contributed by atoms with van der Waals surface area (Å²) in [6.07, 6.45) is 5.24. The Hall–Kier alpha value is -1.95. The van der Waals surface area contributed by atoms with Gasteiger partial charge in [-0.2, -0.15) is 0 Å². The van der Waals surface area contributed by atoms with Crippen molar-refractivity contribution in [1.82, 2.24) is 5.32 Å². The fourth-order valence-electron chi connectivity index (χ4n) is 1.58. The summed E-state index contributed by atoms with van der Waals surface area (Å²) in [6.45, 7) is 0.245. The van der Waals surface area contributed by atoms with Gasteiger partial charge >= 0.3 is 0 Å². The summed E-state index contributed by atoms with van der Waals surface area (Å²) in [5.74, 6) is 3.00. The number of amides is 1. The lowest BCUT2D eigenvalue weighted by atomic mass is 10.1. The molecule has 0 radical (unpaired) electrons. The molecule has 0 bridgehead atoms. The van der Waals surface area contributed by atoms with Gasteiger partial charge < -0.3 is 10.1 Å². The molecular weight excluding hydrogens is 190 g/mol. The van der Waals surface area contributed by atoms with Gasteiger partial charge in [0.25, 0.3) is 5.91 Å². The van der Waals surface area contributed by atoms with Gasteiger partial charge in [-0.25, -0.2) is 0 Å². The molecule has 0 saturated heterocycles. The highest BCUT2D eigenvalue weighted by Gasteiger charge is 2.28. The van der Waals surface area contributed by atoms with Crippen molar-refractivity contribution in [3.8, 4) is 18.1 Å². The third kappa shape index (κ3) is 1.94. The average molecular weight is 201 g/mol. The third-order valence-electron chi connectivity index (χ3n) is 2.30. The number of carbonyl (C=O) groups excluding carboxylic acids is 1. The lowest BCUT2D eigenvalue weighted by Gasteiger charge is -2.09. The number of hydrogen-bond donors (Lipinski definition) is 1. The second kappa shape index (κ2) is 4.05. The standard InChI is InChI=1S/C12H11NO2/c1-2-7-13-12(14)11-8-9-5-3-4-6-10(9)15-11/h1,3-6,11H,7-8H2,(H,13,14). The van der Waals surface area contributed by atoms with Gasteiger partial charge in [0.15, 0.2) is 6.10 Å². The van der Waals surface area contributed by atoms with Gasteiger partial charge in [-0.1, -0.05) is 24.1 Å². The minimum atomic E-state index is -0.434. The van der Waals surface area contributed by atoms with Crippen molar-refractivity contribution in [2.75, 3.05) is 6.54 Å². The molecule has 0 aromatic heterocycles. The molecular formula is C12H11NO2. The predicted molar refractivity (Wildman–Crippen MR) is 56.4 cm³/mol. The Balaban J connectivity index is 2.01. The zero-order chi connectivity index (χ0) is 10.7. The molecule has 1 amide bonds. The minimum Gasteiger partial charge on any atom is -0.480 e. The Morgan fingerprint density at radius 3 is 3.13 bits per heavy atom. The minimum absolute atomic E-state index is 0.149. The first-order valence-electron chi connectivity index (χ1n) is 4.77. The number of para-hydroxylation sites is 1. The first kappa shape index (κ1) is 9.60. The number of nitrogens with one attached hydrogen (secondary N) is 1. The molecule has 3 heteroatoms. The van der Waals surface area contributed by atoms with Crippen LogP contribution in [0.1, 0.15) is 5.56 Å². The lowest BCUT2D eigenvalue weighted by Crippen LogP contribution is -2.37. The van der Waals surface area contributed by atoms with Gasteiger partial charge in [0.05, 0.1) is 6.54 Å². The van der Waals surface area contributed by atoms with E-state index in [1.54, 1.807) is 0 Å². The number of rotatable bonds is 2. The molecule has 0 aliphatic carbocycles. The topological polar surface area (TPSA) is 38.3 Å². The number of terminal acetylenes is 1. The maximum atomic E-state index is 11.5. The van der Waals surface area contributed by atoms with E-state index in [0.717, 1.165) is 11.3 Å². The molecule has 1 unspecified atom stereocenters. The Kier molecular flexibility index (Phi) is 2.59. The van der Waals surface area contributed by atoms with Crippen LogP contribution in [0.25, 0.3) is 0 Å². The van der Waals surface area contributed by atoms with Crippen LogP contribution in [0, 0.1) is 12.3 Å². The number of hydrogen-bond acceptors (Lipinski definition) is 2.